The number of phenolic OH excluding ortho intramolecular Hbond substituents is 3. The quantitative estimate of drug-likeness (QED) is 0.209. The van der Waals surface area contributed by atoms with E-state index in [1.54, 1.807) is 0 Å². The molecule has 3 aromatic rings. The van der Waals surface area contributed by atoms with E-state index < -0.39 is 71.1 Å². The second-order valence-corrected chi connectivity index (χ2v) is 7.76. The Kier molecular flexibility index (Phi) is 6.36. The number of hydrogen-bond donors (Lipinski definition) is 8. The van der Waals surface area contributed by atoms with E-state index in [9.17, 15) is 45.6 Å². The molecular weight excluding hydrogens is 472 g/mol. The van der Waals surface area contributed by atoms with Crippen molar-refractivity contribution in [3.63, 3.8) is 0 Å². The zero-order valence-corrected chi connectivity index (χ0v) is 18.0. The number of phenols is 3. The first-order valence-electron chi connectivity index (χ1n) is 10.2. The molecular formula is C22H22O13. The molecule has 0 spiro atoms. The summed E-state index contributed by atoms with van der Waals surface area (Å²) in [7, 11) is 1.29. The number of methoxy groups -OCH3 is 1. The molecule has 0 aliphatic carbocycles. The summed E-state index contributed by atoms with van der Waals surface area (Å²) in [4.78, 5) is 12.8. The van der Waals surface area contributed by atoms with Crippen molar-refractivity contribution in [1.29, 1.82) is 0 Å². The van der Waals surface area contributed by atoms with Gasteiger partial charge in [0.25, 0.3) is 0 Å². The van der Waals surface area contributed by atoms with Crippen molar-refractivity contribution in [3.8, 4) is 45.8 Å². The molecule has 5 atom stereocenters. The van der Waals surface area contributed by atoms with Gasteiger partial charge in [0.2, 0.25) is 23.2 Å². The minimum atomic E-state index is -1.82. The van der Waals surface area contributed by atoms with E-state index in [0.29, 0.717) is 0 Å². The summed E-state index contributed by atoms with van der Waals surface area (Å²) in [6, 6.07) is 4.81. The molecule has 0 bridgehead atoms. The molecule has 188 valence electrons. The maximum atomic E-state index is 12.8. The Bertz CT molecular complexity index is 1320. The number of rotatable bonds is 5. The Balaban J connectivity index is 1.82. The van der Waals surface area contributed by atoms with Crippen LogP contribution >= 0.6 is 0 Å². The normalized spacial score (nSPS) is 24.4. The predicted octanol–water partition coefficient (Wildman–Crippen LogP) is -0.530. The molecule has 4 rings (SSSR count). The van der Waals surface area contributed by atoms with E-state index in [0.717, 1.165) is 6.07 Å². The van der Waals surface area contributed by atoms with Gasteiger partial charge in [-0.3, -0.25) is 4.79 Å². The van der Waals surface area contributed by atoms with Gasteiger partial charge in [-0.05, 0) is 18.2 Å². The summed E-state index contributed by atoms with van der Waals surface area (Å²) in [6.45, 7) is -0.729. The Labute approximate surface area is 195 Å². The fourth-order valence-corrected chi connectivity index (χ4v) is 3.69. The van der Waals surface area contributed by atoms with Crippen LogP contribution in [-0.2, 0) is 4.74 Å². The van der Waals surface area contributed by atoms with Gasteiger partial charge in [0.05, 0.1) is 13.7 Å². The zero-order chi connectivity index (χ0) is 25.6. The smallest absolute Gasteiger partial charge is 0.238 e. The lowest BCUT2D eigenvalue weighted by molar-refractivity contribution is -0.277. The van der Waals surface area contributed by atoms with Gasteiger partial charge in [0.1, 0.15) is 35.4 Å². The van der Waals surface area contributed by atoms with Crippen LogP contribution in [0.3, 0.4) is 0 Å². The van der Waals surface area contributed by atoms with Crippen LogP contribution in [0.5, 0.6) is 34.5 Å². The van der Waals surface area contributed by atoms with Crippen LogP contribution in [0, 0.1) is 0 Å². The van der Waals surface area contributed by atoms with Crippen molar-refractivity contribution >= 4 is 11.0 Å². The largest absolute Gasteiger partial charge is 0.504 e. The van der Waals surface area contributed by atoms with E-state index >= 15 is 0 Å². The Morgan fingerprint density at radius 3 is 2.29 bits per heavy atom. The Hall–Kier alpha value is -3.75. The molecule has 35 heavy (non-hydrogen) atoms. The van der Waals surface area contributed by atoms with Crippen molar-refractivity contribution in [2.45, 2.75) is 30.7 Å². The lowest BCUT2D eigenvalue weighted by Crippen LogP contribution is -2.60. The molecule has 2 heterocycles. The molecule has 0 unspecified atom stereocenters. The molecule has 1 aromatic heterocycles. The summed E-state index contributed by atoms with van der Waals surface area (Å²) in [5.41, 5.74) is -1.33. The van der Waals surface area contributed by atoms with Crippen molar-refractivity contribution in [3.05, 3.63) is 34.5 Å². The second kappa shape index (κ2) is 9.13. The van der Waals surface area contributed by atoms with Gasteiger partial charge >= 0.3 is 0 Å². The molecule has 1 aliphatic heterocycles. The number of hydrogen-bond acceptors (Lipinski definition) is 13. The highest BCUT2D eigenvalue weighted by Crippen LogP contribution is 2.44. The van der Waals surface area contributed by atoms with Gasteiger partial charge in [0.15, 0.2) is 28.8 Å². The number of fused-ring (bicyclic) bond motifs is 1. The highest BCUT2D eigenvalue weighted by molar-refractivity contribution is 5.91. The molecule has 1 saturated heterocycles. The first-order valence-corrected chi connectivity index (χ1v) is 10.2. The van der Waals surface area contributed by atoms with Crippen LogP contribution in [0.25, 0.3) is 22.3 Å². The fraction of sp³-hybridized carbons (Fsp3) is 0.318. The molecule has 0 radical (unpaired) electrons. The minimum Gasteiger partial charge on any atom is -0.504 e. The molecule has 1 aliphatic rings. The average Bonchev–Trinajstić information content (AvgIpc) is 2.84. The molecule has 0 amide bonds. The van der Waals surface area contributed by atoms with Gasteiger partial charge < -0.3 is 59.5 Å². The summed E-state index contributed by atoms with van der Waals surface area (Å²) >= 11 is 0. The van der Waals surface area contributed by atoms with Crippen LogP contribution in [0.2, 0.25) is 0 Å². The van der Waals surface area contributed by atoms with E-state index in [2.05, 4.69) is 0 Å². The topological polar surface area (TPSA) is 220 Å². The zero-order valence-electron chi connectivity index (χ0n) is 18.0. The highest BCUT2D eigenvalue weighted by Gasteiger charge is 2.45. The summed E-state index contributed by atoms with van der Waals surface area (Å²) in [5, 5.41) is 79.7. The Morgan fingerprint density at radius 2 is 1.63 bits per heavy atom. The van der Waals surface area contributed by atoms with Gasteiger partial charge in [-0.25, -0.2) is 0 Å². The molecule has 0 saturated carbocycles. The number of aromatic hydroxyl groups is 4. The van der Waals surface area contributed by atoms with Gasteiger partial charge in [0, 0.05) is 11.6 Å². The lowest BCUT2D eigenvalue weighted by atomic mass is 9.99. The first kappa shape index (κ1) is 24.4. The van der Waals surface area contributed by atoms with Crippen LogP contribution in [0.1, 0.15) is 0 Å². The van der Waals surface area contributed by atoms with Gasteiger partial charge in [-0.1, -0.05) is 0 Å². The van der Waals surface area contributed by atoms with Crippen molar-refractivity contribution in [2.24, 2.45) is 0 Å². The SMILES string of the molecule is COc1cc(-c2oc3cc(O[C@H]4O[C@H](CO)[C@H](O)[C@H](O)[C@H]4O)c(O)c(O)c3c(=O)c2O)ccc1O. The van der Waals surface area contributed by atoms with E-state index in [-0.39, 0.29) is 28.4 Å². The number of benzene rings is 2. The third kappa shape index (κ3) is 4.05. The first-order chi connectivity index (χ1) is 16.6. The molecule has 1 fully saturated rings. The van der Waals surface area contributed by atoms with E-state index in [1.807, 2.05) is 0 Å². The van der Waals surface area contributed by atoms with Gasteiger partial charge in [-0.15, -0.1) is 0 Å². The van der Waals surface area contributed by atoms with E-state index in [1.165, 1.54) is 25.3 Å². The molecule has 2 aromatic carbocycles. The number of aliphatic hydroxyl groups excluding tert-OH is 4. The Morgan fingerprint density at radius 1 is 0.914 bits per heavy atom. The monoisotopic (exact) mass is 494 g/mol. The third-order valence-electron chi connectivity index (χ3n) is 5.61. The van der Waals surface area contributed by atoms with Crippen molar-refractivity contribution in [1.82, 2.24) is 0 Å². The standard InChI is InChI=1S/C22H22O13/c1-32-9-4-7(2-3-8(9)24)21-19(30)17(28)13-10(33-21)5-11(14(25)16(13)27)34-22-20(31)18(29)15(26)12(6-23)35-22/h2-5,12,15,18,20,22-27,29-31H,6H2,1H3/t12-,15+,18+,20-,22+/m1/s1. The van der Waals surface area contributed by atoms with Crippen LogP contribution in [0.15, 0.2) is 33.5 Å². The van der Waals surface area contributed by atoms with Crippen LogP contribution in [-0.4, -0.2) is 85.3 Å². The highest BCUT2D eigenvalue weighted by atomic mass is 16.7. The third-order valence-corrected chi connectivity index (χ3v) is 5.61. The van der Waals surface area contributed by atoms with Gasteiger partial charge in [-0.2, -0.15) is 0 Å². The van der Waals surface area contributed by atoms with Crippen LogP contribution < -0.4 is 14.9 Å². The van der Waals surface area contributed by atoms with Crippen molar-refractivity contribution < 1.29 is 59.5 Å². The maximum Gasteiger partial charge on any atom is 0.238 e. The molecule has 13 nitrogen and oxygen atoms in total. The fourth-order valence-electron chi connectivity index (χ4n) is 3.69. The number of aliphatic hydroxyl groups is 4. The van der Waals surface area contributed by atoms with E-state index in [4.69, 9.17) is 18.6 Å². The van der Waals surface area contributed by atoms with Crippen molar-refractivity contribution in [2.75, 3.05) is 13.7 Å². The average molecular weight is 494 g/mol. The summed E-state index contributed by atoms with van der Waals surface area (Å²) in [5.74, 6) is -3.99. The second-order valence-electron chi connectivity index (χ2n) is 7.76. The maximum absolute atomic E-state index is 12.8. The lowest BCUT2D eigenvalue weighted by Gasteiger charge is -2.39. The predicted molar refractivity (Wildman–Crippen MR) is 116 cm³/mol. The molecule has 13 heteroatoms. The minimum absolute atomic E-state index is 0.0184. The summed E-state index contributed by atoms with van der Waals surface area (Å²) in [6.07, 6.45) is -8.26. The molecule has 8 N–H and O–H groups in total. The van der Waals surface area contributed by atoms with Crippen LogP contribution in [0.4, 0.5) is 0 Å². The summed E-state index contributed by atoms with van der Waals surface area (Å²) < 4.78 is 21.2. The number of ether oxygens (including phenoxy) is 3.